The van der Waals surface area contributed by atoms with Gasteiger partial charge in [-0.15, -0.1) is 0 Å². The minimum Gasteiger partial charge on any atom is -0.469 e. The fraction of sp³-hybridized carbons (Fsp3) is 0.806. The number of rotatable bonds is 8. The first kappa shape index (κ1) is 38.9. The number of carbonyl (C=O) groups is 6. The van der Waals surface area contributed by atoms with Crippen LogP contribution in [0.25, 0.3) is 0 Å². The summed E-state index contributed by atoms with van der Waals surface area (Å²) in [5.74, 6) is -6.04. The molecule has 15 heteroatoms. The molecule has 6 unspecified atom stereocenters. The van der Waals surface area contributed by atoms with Crippen molar-refractivity contribution in [3.05, 3.63) is 0 Å². The highest BCUT2D eigenvalue weighted by atomic mass is 16.6. The molecule has 0 amide bonds. The quantitative estimate of drug-likeness (QED) is 0.238. The summed E-state index contributed by atoms with van der Waals surface area (Å²) in [7, 11) is 3.20. The predicted octanol–water partition coefficient (Wildman–Crippen LogP) is 0.478. The van der Waals surface area contributed by atoms with E-state index in [1.54, 1.807) is 13.8 Å². The number of esters is 6. The number of aliphatic hydroxyl groups excluding tert-OH is 3. The number of aliphatic hydroxyl groups is 3. The molecular formula is C31H48O15. The average molecular weight is 661 g/mol. The van der Waals surface area contributed by atoms with Gasteiger partial charge in [0, 0.05) is 0 Å². The maximum atomic E-state index is 14.3. The zero-order valence-corrected chi connectivity index (χ0v) is 27.7. The van der Waals surface area contributed by atoms with Gasteiger partial charge in [-0.05, 0) is 52.4 Å². The molecule has 46 heavy (non-hydrogen) atoms. The molecule has 0 aromatic heterocycles. The van der Waals surface area contributed by atoms with Gasteiger partial charge < -0.3 is 43.7 Å². The third kappa shape index (κ3) is 7.00. The molecule has 3 N–H and O–H groups in total. The molecule has 2 bridgehead atoms. The van der Waals surface area contributed by atoms with Crippen molar-refractivity contribution in [2.24, 2.45) is 32.5 Å². The molecule has 2 fully saturated rings. The second-order valence-electron chi connectivity index (χ2n) is 13.3. The van der Waals surface area contributed by atoms with Gasteiger partial charge in [0.1, 0.15) is 36.1 Å². The van der Waals surface area contributed by atoms with E-state index in [9.17, 15) is 44.1 Å². The second-order valence-corrected chi connectivity index (χ2v) is 13.3. The molecule has 2 rings (SSSR count). The average Bonchev–Trinajstić information content (AvgIpc) is 3.07. The van der Waals surface area contributed by atoms with Crippen LogP contribution in [0.2, 0.25) is 0 Å². The first-order chi connectivity index (χ1) is 21.5. The van der Waals surface area contributed by atoms with Crippen LogP contribution in [0.1, 0.15) is 66.2 Å². The number of hydrogen-bond acceptors (Lipinski definition) is 15. The van der Waals surface area contributed by atoms with E-state index in [4.69, 9.17) is 28.4 Å². The van der Waals surface area contributed by atoms with Crippen molar-refractivity contribution in [3.8, 4) is 0 Å². The maximum absolute atomic E-state index is 14.3. The van der Waals surface area contributed by atoms with Crippen molar-refractivity contribution in [2.45, 2.75) is 66.2 Å². The molecule has 15 nitrogen and oxygen atoms in total. The predicted molar refractivity (Wildman–Crippen MR) is 155 cm³/mol. The minimum atomic E-state index is -2.12. The highest BCUT2D eigenvalue weighted by Crippen LogP contribution is 2.51. The van der Waals surface area contributed by atoms with Crippen molar-refractivity contribution >= 4 is 35.8 Å². The Morgan fingerprint density at radius 1 is 0.652 bits per heavy atom. The van der Waals surface area contributed by atoms with Gasteiger partial charge in [-0.3, -0.25) is 28.8 Å². The van der Waals surface area contributed by atoms with Crippen molar-refractivity contribution in [3.63, 3.8) is 0 Å². The summed E-state index contributed by atoms with van der Waals surface area (Å²) >= 11 is 0. The van der Waals surface area contributed by atoms with E-state index < -0.39 is 134 Å². The molecule has 2 heterocycles. The lowest BCUT2D eigenvalue weighted by Crippen LogP contribution is -2.56. The second kappa shape index (κ2) is 14.6. The largest absolute Gasteiger partial charge is 0.469 e. The van der Waals surface area contributed by atoms with Gasteiger partial charge in [-0.1, -0.05) is 13.8 Å². The van der Waals surface area contributed by atoms with Gasteiger partial charge in [-0.25, -0.2) is 0 Å². The lowest BCUT2D eigenvalue weighted by molar-refractivity contribution is -0.195. The van der Waals surface area contributed by atoms with E-state index in [0.29, 0.717) is 0 Å². The zero-order valence-electron chi connectivity index (χ0n) is 27.7. The van der Waals surface area contributed by atoms with Crippen molar-refractivity contribution in [1.29, 1.82) is 0 Å². The monoisotopic (exact) mass is 660 g/mol. The first-order valence-corrected chi connectivity index (χ1v) is 15.1. The Labute approximate surface area is 268 Å². The van der Waals surface area contributed by atoms with Crippen LogP contribution in [0.3, 0.4) is 0 Å². The minimum absolute atomic E-state index is 0.0783. The van der Waals surface area contributed by atoms with Gasteiger partial charge in [0.15, 0.2) is 0 Å². The number of methoxy groups -OCH3 is 3. The van der Waals surface area contributed by atoms with Crippen molar-refractivity contribution in [1.82, 2.24) is 0 Å². The van der Waals surface area contributed by atoms with Crippen LogP contribution in [0.5, 0.6) is 0 Å². The SMILES string of the molecule is CCC1(C(=O)OC)COC(=O)C(CC)(CO)CC2(C(=O)OC)COC(=O)C(CO)(CC(C)(C(=O)OC)COC(=O)C(C)(CO)C2)C1. The normalized spacial score (nSPS) is 36.0. The molecule has 6 atom stereocenters. The van der Waals surface area contributed by atoms with Crippen LogP contribution in [-0.2, 0) is 57.2 Å². The van der Waals surface area contributed by atoms with Crippen LogP contribution in [0.15, 0.2) is 0 Å². The summed E-state index contributed by atoms with van der Waals surface area (Å²) in [6, 6.07) is 0. The summed E-state index contributed by atoms with van der Waals surface area (Å²) in [5, 5.41) is 32.1. The molecule has 0 spiro atoms. The number of hydrogen-bond donors (Lipinski definition) is 3. The van der Waals surface area contributed by atoms with Gasteiger partial charge in [-0.2, -0.15) is 0 Å². The summed E-state index contributed by atoms with van der Waals surface area (Å²) in [4.78, 5) is 82.3. The third-order valence-corrected chi connectivity index (χ3v) is 9.87. The van der Waals surface area contributed by atoms with Gasteiger partial charge in [0.25, 0.3) is 0 Å². The van der Waals surface area contributed by atoms with Crippen LogP contribution in [0, 0.1) is 32.5 Å². The Bertz CT molecular complexity index is 1180. The van der Waals surface area contributed by atoms with E-state index in [2.05, 4.69) is 0 Å². The highest BCUT2D eigenvalue weighted by molar-refractivity contribution is 5.87. The van der Waals surface area contributed by atoms with E-state index >= 15 is 0 Å². The Balaban J connectivity index is 3.10. The molecule has 2 aliphatic heterocycles. The van der Waals surface area contributed by atoms with E-state index in [-0.39, 0.29) is 12.8 Å². The lowest BCUT2D eigenvalue weighted by Gasteiger charge is -2.46. The van der Waals surface area contributed by atoms with E-state index in [1.165, 1.54) is 13.8 Å². The fourth-order valence-electron chi connectivity index (χ4n) is 6.83. The number of fused-ring (bicyclic) bond motifs is 4. The van der Waals surface area contributed by atoms with Gasteiger partial charge >= 0.3 is 35.8 Å². The molecule has 0 aromatic carbocycles. The van der Waals surface area contributed by atoms with Gasteiger partial charge in [0.2, 0.25) is 0 Å². The number of cyclic esters (lactones) is 2. The molecule has 0 aromatic rings. The summed E-state index contributed by atoms with van der Waals surface area (Å²) in [6.45, 7) is 0.766. The Kier molecular flexibility index (Phi) is 12.4. The molecule has 0 saturated carbocycles. The van der Waals surface area contributed by atoms with Crippen molar-refractivity contribution < 1.29 is 72.5 Å². The van der Waals surface area contributed by atoms with Gasteiger partial charge in [0.05, 0.1) is 57.4 Å². The maximum Gasteiger partial charge on any atom is 0.315 e. The van der Waals surface area contributed by atoms with Crippen molar-refractivity contribution in [2.75, 3.05) is 61.0 Å². The highest BCUT2D eigenvalue weighted by Gasteiger charge is 2.61. The van der Waals surface area contributed by atoms with Crippen LogP contribution in [0.4, 0.5) is 0 Å². The number of carbonyl (C=O) groups excluding carboxylic acids is 6. The Morgan fingerprint density at radius 3 is 1.70 bits per heavy atom. The molecule has 0 radical (unpaired) electrons. The zero-order chi connectivity index (χ0) is 35.2. The molecule has 2 aliphatic rings. The molecule has 262 valence electrons. The van der Waals surface area contributed by atoms with E-state index in [1.807, 2.05) is 0 Å². The summed E-state index contributed by atoms with van der Waals surface area (Å²) in [6.07, 6.45) is -2.55. The van der Waals surface area contributed by atoms with E-state index in [0.717, 1.165) is 21.3 Å². The Morgan fingerprint density at radius 2 is 1.22 bits per heavy atom. The molecule has 2 saturated heterocycles. The fourth-order valence-corrected chi connectivity index (χ4v) is 6.83. The van der Waals surface area contributed by atoms with Crippen LogP contribution >= 0.6 is 0 Å². The Hall–Kier alpha value is -3.30. The standard InChI is InChI=1S/C31H48O15/c1-8-28(15-33)12-31(23(38)43-7)10-26(3,14-32)21(36)44-17-27(4,20(35)41-5)11-30(16-34,25(40)46-19-31)13-29(9-2,22(37)42-6)18-45-24(28)39/h32-34H,8-19H2,1-7H3. The van der Waals surface area contributed by atoms with Crippen LogP contribution < -0.4 is 0 Å². The number of ether oxygens (including phenoxy) is 6. The first-order valence-electron chi connectivity index (χ1n) is 15.1. The lowest BCUT2D eigenvalue weighted by atomic mass is 9.62. The smallest absolute Gasteiger partial charge is 0.315 e. The topological polar surface area (TPSA) is 218 Å². The molecule has 0 aliphatic carbocycles. The summed E-state index contributed by atoms with van der Waals surface area (Å²) in [5.41, 5.74) is -11.5. The molecular weight excluding hydrogens is 612 g/mol. The summed E-state index contributed by atoms with van der Waals surface area (Å²) < 4.78 is 32.3. The third-order valence-electron chi connectivity index (χ3n) is 9.87. The van der Waals surface area contributed by atoms with Crippen LogP contribution in [-0.4, -0.2) is 112 Å².